The topological polar surface area (TPSA) is 17.1 Å². The van der Waals surface area contributed by atoms with Crippen molar-refractivity contribution in [2.24, 2.45) is 0 Å². The second-order valence-electron chi connectivity index (χ2n) is 1.73. The fraction of sp³-hybridized carbons (Fsp3) is 0.800. The molecule has 0 radical (unpaired) electrons. The van der Waals surface area contributed by atoms with Crippen LogP contribution in [0.3, 0.4) is 0 Å². The van der Waals surface area contributed by atoms with Crippen molar-refractivity contribution < 1.29 is 22.4 Å². The lowest BCUT2D eigenvalue weighted by Crippen LogP contribution is -2.08. The largest absolute Gasteiger partial charge is 0.299 e. The van der Waals surface area contributed by atoms with Gasteiger partial charge in [-0.25, -0.2) is 17.6 Å². The van der Waals surface area contributed by atoms with Crippen molar-refractivity contribution >= 4 is 5.78 Å². The Morgan fingerprint density at radius 3 is 1.50 bits per heavy atom. The molecule has 0 aromatic carbocycles. The van der Waals surface area contributed by atoms with Crippen LogP contribution in [0.5, 0.6) is 0 Å². The molecule has 0 aliphatic heterocycles. The number of ketones is 1. The SMILES string of the molecule is O=C(CC(F)F)CC(F)F. The van der Waals surface area contributed by atoms with Crippen molar-refractivity contribution in [3.8, 4) is 0 Å². The summed E-state index contributed by atoms with van der Waals surface area (Å²) < 4.78 is 45.1. The summed E-state index contributed by atoms with van der Waals surface area (Å²) in [4.78, 5) is 10.1. The Labute approximate surface area is 55.0 Å². The molecule has 1 nitrogen and oxygen atoms in total. The molecule has 10 heavy (non-hydrogen) atoms. The quantitative estimate of drug-likeness (QED) is 0.570. The van der Waals surface area contributed by atoms with Gasteiger partial charge in [0.25, 0.3) is 0 Å². The molecule has 0 spiro atoms. The molecule has 0 aromatic rings. The van der Waals surface area contributed by atoms with E-state index in [1.54, 1.807) is 0 Å². The summed E-state index contributed by atoms with van der Waals surface area (Å²) in [6, 6.07) is 0. The number of Topliss-reactive ketones (excluding diaryl/α,β-unsaturated/α-hetero) is 1. The number of halogens is 4. The Morgan fingerprint density at radius 1 is 1.00 bits per heavy atom. The van der Waals surface area contributed by atoms with Gasteiger partial charge >= 0.3 is 0 Å². The van der Waals surface area contributed by atoms with Gasteiger partial charge in [0.15, 0.2) is 0 Å². The van der Waals surface area contributed by atoms with Crippen molar-refractivity contribution in [3.63, 3.8) is 0 Å². The maximum Gasteiger partial charge on any atom is 0.245 e. The van der Waals surface area contributed by atoms with Gasteiger partial charge in [0.05, 0.1) is 12.8 Å². The van der Waals surface area contributed by atoms with Crippen LogP contribution in [0.1, 0.15) is 12.8 Å². The zero-order chi connectivity index (χ0) is 8.15. The monoisotopic (exact) mass is 158 g/mol. The molecule has 0 aromatic heterocycles. The lowest BCUT2D eigenvalue weighted by atomic mass is 10.2. The molecule has 0 rings (SSSR count). The van der Waals surface area contributed by atoms with Crippen LogP contribution in [0.15, 0.2) is 0 Å². The molecule has 0 fully saturated rings. The summed E-state index contributed by atoms with van der Waals surface area (Å²) in [7, 11) is 0. The van der Waals surface area contributed by atoms with E-state index < -0.39 is 31.5 Å². The third-order valence-electron chi connectivity index (χ3n) is 0.764. The summed E-state index contributed by atoms with van der Waals surface area (Å²) in [5, 5.41) is 0. The number of rotatable bonds is 4. The molecular weight excluding hydrogens is 152 g/mol. The molecule has 0 saturated carbocycles. The fourth-order valence-corrected chi connectivity index (χ4v) is 0.428. The molecule has 0 heterocycles. The molecule has 0 atom stereocenters. The van der Waals surface area contributed by atoms with E-state index in [1.807, 2.05) is 0 Å². The summed E-state index contributed by atoms with van der Waals surface area (Å²) in [5.41, 5.74) is 0. The predicted molar refractivity (Wildman–Crippen MR) is 26.2 cm³/mol. The first-order valence-corrected chi connectivity index (χ1v) is 2.60. The number of carbonyl (C=O) groups excluding carboxylic acids is 1. The van der Waals surface area contributed by atoms with Crippen LogP contribution in [0, 0.1) is 0 Å². The van der Waals surface area contributed by atoms with Crippen molar-refractivity contribution in [1.29, 1.82) is 0 Å². The van der Waals surface area contributed by atoms with Gasteiger partial charge in [-0.15, -0.1) is 0 Å². The predicted octanol–water partition coefficient (Wildman–Crippen LogP) is 1.87. The van der Waals surface area contributed by atoms with Gasteiger partial charge in [-0.2, -0.15) is 0 Å². The lowest BCUT2D eigenvalue weighted by molar-refractivity contribution is -0.123. The van der Waals surface area contributed by atoms with E-state index in [9.17, 15) is 22.4 Å². The van der Waals surface area contributed by atoms with E-state index in [2.05, 4.69) is 0 Å². The number of carbonyl (C=O) groups is 1. The Balaban J connectivity index is 3.44. The van der Waals surface area contributed by atoms with Crippen LogP contribution in [-0.2, 0) is 4.79 Å². The van der Waals surface area contributed by atoms with E-state index in [0.717, 1.165) is 0 Å². The third kappa shape index (κ3) is 5.53. The smallest absolute Gasteiger partial charge is 0.245 e. The maximum absolute atomic E-state index is 11.3. The Kier molecular flexibility index (Phi) is 3.99. The molecule has 5 heteroatoms. The molecule has 0 aliphatic rings. The van der Waals surface area contributed by atoms with E-state index in [1.165, 1.54) is 0 Å². The number of hydrogen-bond acceptors (Lipinski definition) is 1. The van der Waals surface area contributed by atoms with Gasteiger partial charge in [0, 0.05) is 0 Å². The molecule has 0 aliphatic carbocycles. The van der Waals surface area contributed by atoms with Crippen LogP contribution < -0.4 is 0 Å². The highest BCUT2D eigenvalue weighted by atomic mass is 19.3. The molecule has 0 amide bonds. The van der Waals surface area contributed by atoms with Gasteiger partial charge in [0.2, 0.25) is 12.9 Å². The van der Waals surface area contributed by atoms with Gasteiger partial charge < -0.3 is 0 Å². The summed E-state index contributed by atoms with van der Waals surface area (Å²) in [6.45, 7) is 0. The van der Waals surface area contributed by atoms with Crippen LogP contribution in [-0.4, -0.2) is 18.6 Å². The van der Waals surface area contributed by atoms with Gasteiger partial charge in [0.1, 0.15) is 5.78 Å². The molecule has 0 bridgehead atoms. The Bertz CT molecular complexity index is 100. The summed E-state index contributed by atoms with van der Waals surface area (Å²) in [5.74, 6) is -1.09. The highest BCUT2D eigenvalue weighted by Gasteiger charge is 2.15. The maximum atomic E-state index is 11.3. The molecule has 0 N–H and O–H groups in total. The van der Waals surface area contributed by atoms with Crippen LogP contribution in [0.2, 0.25) is 0 Å². The van der Waals surface area contributed by atoms with Crippen molar-refractivity contribution in [3.05, 3.63) is 0 Å². The second kappa shape index (κ2) is 4.24. The molecule has 0 saturated heterocycles. The van der Waals surface area contributed by atoms with Gasteiger partial charge in [-0.05, 0) is 0 Å². The average Bonchev–Trinajstić information content (AvgIpc) is 1.58. The lowest BCUT2D eigenvalue weighted by Gasteiger charge is -1.97. The minimum absolute atomic E-state index is 1.07. The molecule has 60 valence electrons. The van der Waals surface area contributed by atoms with Crippen LogP contribution in [0.25, 0.3) is 0 Å². The first-order chi connectivity index (χ1) is 4.52. The third-order valence-corrected chi connectivity index (χ3v) is 0.764. The van der Waals surface area contributed by atoms with Crippen molar-refractivity contribution in [2.75, 3.05) is 0 Å². The number of alkyl halides is 4. The Morgan fingerprint density at radius 2 is 1.30 bits per heavy atom. The normalized spacial score (nSPS) is 11.0. The Hall–Kier alpha value is -0.610. The fourth-order valence-electron chi connectivity index (χ4n) is 0.428. The van der Waals surface area contributed by atoms with Crippen LogP contribution in [0.4, 0.5) is 17.6 Å². The minimum Gasteiger partial charge on any atom is -0.299 e. The van der Waals surface area contributed by atoms with E-state index in [0.29, 0.717) is 0 Å². The van der Waals surface area contributed by atoms with Crippen molar-refractivity contribution in [1.82, 2.24) is 0 Å². The zero-order valence-corrected chi connectivity index (χ0v) is 4.99. The highest BCUT2D eigenvalue weighted by molar-refractivity contribution is 5.78. The van der Waals surface area contributed by atoms with Gasteiger partial charge in [-0.3, -0.25) is 4.79 Å². The zero-order valence-electron chi connectivity index (χ0n) is 4.99. The van der Waals surface area contributed by atoms with Crippen molar-refractivity contribution in [2.45, 2.75) is 25.7 Å². The first kappa shape index (κ1) is 9.39. The van der Waals surface area contributed by atoms with Gasteiger partial charge in [-0.1, -0.05) is 0 Å². The van der Waals surface area contributed by atoms with Crippen LogP contribution >= 0.6 is 0 Å². The van der Waals surface area contributed by atoms with E-state index in [4.69, 9.17) is 0 Å². The number of hydrogen-bond donors (Lipinski definition) is 0. The summed E-state index contributed by atoms with van der Waals surface area (Å²) in [6.07, 6.45) is -7.76. The molecule has 0 unspecified atom stereocenters. The average molecular weight is 158 g/mol. The molecular formula is C5H6F4O. The standard InChI is InChI=1S/C5H6F4O/c6-4(7)1-3(10)2-5(8)9/h4-5H,1-2H2. The van der Waals surface area contributed by atoms with E-state index >= 15 is 0 Å². The first-order valence-electron chi connectivity index (χ1n) is 2.60. The highest BCUT2D eigenvalue weighted by Crippen LogP contribution is 2.06. The summed E-state index contributed by atoms with van der Waals surface area (Å²) >= 11 is 0. The minimum atomic E-state index is -2.81. The van der Waals surface area contributed by atoms with E-state index in [-0.39, 0.29) is 0 Å². The second-order valence-corrected chi connectivity index (χ2v) is 1.73.